The van der Waals surface area contributed by atoms with Gasteiger partial charge >= 0.3 is 0 Å². The van der Waals surface area contributed by atoms with E-state index in [0.717, 1.165) is 11.3 Å². The number of hydrogen-bond acceptors (Lipinski definition) is 2. The summed E-state index contributed by atoms with van der Waals surface area (Å²) in [6, 6.07) is 14.0. The van der Waals surface area contributed by atoms with Gasteiger partial charge in [0.2, 0.25) is 0 Å². The van der Waals surface area contributed by atoms with Crippen LogP contribution in [0.25, 0.3) is 0 Å². The van der Waals surface area contributed by atoms with Crippen LogP contribution in [0.15, 0.2) is 48.5 Å². The number of amides is 1. The molecule has 104 valence electrons. The van der Waals surface area contributed by atoms with E-state index in [4.69, 9.17) is 0 Å². The second-order valence-electron chi connectivity index (χ2n) is 5.80. The van der Waals surface area contributed by atoms with E-state index in [9.17, 15) is 9.90 Å². The number of para-hydroxylation sites is 1. The van der Waals surface area contributed by atoms with E-state index in [1.165, 1.54) is 12.1 Å². The molecule has 0 bridgehead atoms. The molecule has 0 aromatic heterocycles. The van der Waals surface area contributed by atoms with Crippen LogP contribution >= 0.6 is 0 Å². The SMILES string of the molecule is CC(C)(C)c1ccccc1NC(=O)c1ccc(O)cc1. The number of rotatable bonds is 2. The first-order valence-electron chi connectivity index (χ1n) is 6.58. The van der Waals surface area contributed by atoms with Crippen LogP contribution in [0.1, 0.15) is 36.7 Å². The van der Waals surface area contributed by atoms with Crippen LogP contribution in [0.2, 0.25) is 0 Å². The summed E-state index contributed by atoms with van der Waals surface area (Å²) in [7, 11) is 0. The molecule has 0 fully saturated rings. The van der Waals surface area contributed by atoms with E-state index in [1.807, 2.05) is 24.3 Å². The summed E-state index contributed by atoms with van der Waals surface area (Å²) in [6.07, 6.45) is 0. The Hall–Kier alpha value is -2.29. The molecule has 20 heavy (non-hydrogen) atoms. The number of anilines is 1. The molecule has 3 heteroatoms. The average Bonchev–Trinajstić information content (AvgIpc) is 2.38. The van der Waals surface area contributed by atoms with Gasteiger partial charge in [-0.25, -0.2) is 0 Å². The third-order valence-electron chi connectivity index (χ3n) is 3.11. The van der Waals surface area contributed by atoms with Crippen molar-refractivity contribution in [3.05, 3.63) is 59.7 Å². The molecule has 2 aromatic rings. The van der Waals surface area contributed by atoms with Crippen LogP contribution in [-0.4, -0.2) is 11.0 Å². The van der Waals surface area contributed by atoms with Gasteiger partial charge in [0, 0.05) is 11.3 Å². The number of aromatic hydroxyl groups is 1. The predicted octanol–water partition coefficient (Wildman–Crippen LogP) is 3.94. The van der Waals surface area contributed by atoms with Gasteiger partial charge in [-0.15, -0.1) is 0 Å². The Kier molecular flexibility index (Phi) is 3.79. The zero-order valence-corrected chi connectivity index (χ0v) is 12.0. The molecule has 1 amide bonds. The fraction of sp³-hybridized carbons (Fsp3) is 0.235. The fourth-order valence-electron chi connectivity index (χ4n) is 2.05. The Balaban J connectivity index is 2.26. The first kappa shape index (κ1) is 14.1. The summed E-state index contributed by atoms with van der Waals surface area (Å²) in [6.45, 7) is 6.33. The first-order chi connectivity index (χ1) is 9.38. The maximum atomic E-state index is 12.2. The van der Waals surface area contributed by atoms with Gasteiger partial charge in [-0.1, -0.05) is 39.0 Å². The maximum absolute atomic E-state index is 12.2. The molecule has 0 atom stereocenters. The van der Waals surface area contributed by atoms with Gasteiger partial charge in [-0.05, 0) is 41.3 Å². The van der Waals surface area contributed by atoms with Crippen LogP contribution < -0.4 is 5.32 Å². The number of benzene rings is 2. The highest BCUT2D eigenvalue weighted by Gasteiger charge is 2.18. The minimum Gasteiger partial charge on any atom is -0.508 e. The molecule has 0 aliphatic rings. The lowest BCUT2D eigenvalue weighted by Gasteiger charge is -2.23. The van der Waals surface area contributed by atoms with E-state index in [0.29, 0.717) is 5.56 Å². The van der Waals surface area contributed by atoms with E-state index in [2.05, 4.69) is 26.1 Å². The Morgan fingerprint density at radius 2 is 1.60 bits per heavy atom. The number of phenols is 1. The van der Waals surface area contributed by atoms with Crippen molar-refractivity contribution < 1.29 is 9.90 Å². The van der Waals surface area contributed by atoms with Crippen molar-refractivity contribution >= 4 is 11.6 Å². The van der Waals surface area contributed by atoms with E-state index in [1.54, 1.807) is 12.1 Å². The topological polar surface area (TPSA) is 49.3 Å². The van der Waals surface area contributed by atoms with Crippen molar-refractivity contribution in [2.24, 2.45) is 0 Å². The minimum atomic E-state index is -0.179. The molecule has 2 N–H and O–H groups in total. The van der Waals surface area contributed by atoms with E-state index >= 15 is 0 Å². The highest BCUT2D eigenvalue weighted by Crippen LogP contribution is 2.29. The molecule has 0 heterocycles. The maximum Gasteiger partial charge on any atom is 0.255 e. The van der Waals surface area contributed by atoms with Gasteiger partial charge in [0.05, 0.1) is 0 Å². The average molecular weight is 269 g/mol. The van der Waals surface area contributed by atoms with Crippen molar-refractivity contribution in [3.8, 4) is 5.75 Å². The normalized spacial score (nSPS) is 11.2. The van der Waals surface area contributed by atoms with Crippen molar-refractivity contribution in [1.29, 1.82) is 0 Å². The molecular formula is C17H19NO2. The summed E-state index contributed by atoms with van der Waals surface area (Å²) < 4.78 is 0. The molecule has 2 rings (SSSR count). The second-order valence-corrected chi connectivity index (χ2v) is 5.80. The standard InChI is InChI=1S/C17H19NO2/c1-17(2,3)14-6-4-5-7-15(14)18-16(20)12-8-10-13(19)11-9-12/h4-11,19H,1-3H3,(H,18,20). The van der Waals surface area contributed by atoms with E-state index < -0.39 is 0 Å². The number of carbonyl (C=O) groups is 1. The van der Waals surface area contributed by atoms with Crippen molar-refractivity contribution in [2.45, 2.75) is 26.2 Å². The van der Waals surface area contributed by atoms with Gasteiger partial charge in [-0.3, -0.25) is 4.79 Å². The van der Waals surface area contributed by atoms with E-state index in [-0.39, 0.29) is 17.1 Å². The van der Waals surface area contributed by atoms with Gasteiger partial charge in [-0.2, -0.15) is 0 Å². The molecule has 0 aliphatic carbocycles. The Morgan fingerprint density at radius 1 is 1.00 bits per heavy atom. The number of phenolic OH excluding ortho intramolecular Hbond substituents is 1. The Morgan fingerprint density at radius 3 is 2.20 bits per heavy atom. The number of hydrogen-bond donors (Lipinski definition) is 2. The predicted molar refractivity (Wildman–Crippen MR) is 81.2 cm³/mol. The van der Waals surface area contributed by atoms with Crippen molar-refractivity contribution in [1.82, 2.24) is 0 Å². The molecule has 0 radical (unpaired) electrons. The van der Waals surface area contributed by atoms with Crippen LogP contribution in [0, 0.1) is 0 Å². The molecule has 2 aromatic carbocycles. The third-order valence-corrected chi connectivity index (χ3v) is 3.11. The molecule has 0 spiro atoms. The van der Waals surface area contributed by atoms with Gasteiger partial charge < -0.3 is 10.4 Å². The number of carbonyl (C=O) groups excluding carboxylic acids is 1. The largest absolute Gasteiger partial charge is 0.508 e. The Labute approximate surface area is 119 Å². The van der Waals surface area contributed by atoms with Crippen molar-refractivity contribution in [2.75, 3.05) is 5.32 Å². The van der Waals surface area contributed by atoms with Crippen LogP contribution in [-0.2, 0) is 5.41 Å². The second kappa shape index (κ2) is 5.37. The van der Waals surface area contributed by atoms with Crippen molar-refractivity contribution in [3.63, 3.8) is 0 Å². The monoisotopic (exact) mass is 269 g/mol. The summed E-state index contributed by atoms with van der Waals surface area (Å²) in [5.41, 5.74) is 2.38. The fourth-order valence-corrected chi connectivity index (χ4v) is 2.05. The van der Waals surface area contributed by atoms with Gasteiger partial charge in [0.15, 0.2) is 0 Å². The lowest BCUT2D eigenvalue weighted by atomic mass is 9.86. The molecule has 0 saturated carbocycles. The van der Waals surface area contributed by atoms with Gasteiger partial charge in [0.25, 0.3) is 5.91 Å². The molecule has 0 aliphatic heterocycles. The van der Waals surface area contributed by atoms with Crippen LogP contribution in [0.4, 0.5) is 5.69 Å². The highest BCUT2D eigenvalue weighted by atomic mass is 16.3. The Bertz CT molecular complexity index is 610. The number of nitrogens with one attached hydrogen (secondary N) is 1. The lowest BCUT2D eigenvalue weighted by molar-refractivity contribution is 0.102. The molecule has 3 nitrogen and oxygen atoms in total. The smallest absolute Gasteiger partial charge is 0.255 e. The van der Waals surface area contributed by atoms with Crippen LogP contribution in [0.5, 0.6) is 5.75 Å². The minimum absolute atomic E-state index is 0.0428. The molecule has 0 unspecified atom stereocenters. The zero-order chi connectivity index (χ0) is 14.8. The third kappa shape index (κ3) is 3.18. The molecule has 0 saturated heterocycles. The van der Waals surface area contributed by atoms with Crippen LogP contribution in [0.3, 0.4) is 0 Å². The highest BCUT2D eigenvalue weighted by molar-refractivity contribution is 6.04. The summed E-state index contributed by atoms with van der Waals surface area (Å²) >= 11 is 0. The molecular weight excluding hydrogens is 250 g/mol. The summed E-state index contributed by atoms with van der Waals surface area (Å²) in [4.78, 5) is 12.2. The summed E-state index contributed by atoms with van der Waals surface area (Å²) in [5, 5.41) is 12.2. The summed E-state index contributed by atoms with van der Waals surface area (Å²) in [5.74, 6) is -0.0293. The quantitative estimate of drug-likeness (QED) is 0.867. The zero-order valence-electron chi connectivity index (χ0n) is 12.0. The first-order valence-corrected chi connectivity index (χ1v) is 6.58. The lowest BCUT2D eigenvalue weighted by Crippen LogP contribution is -2.18. The van der Waals surface area contributed by atoms with Gasteiger partial charge in [0.1, 0.15) is 5.75 Å².